The zero-order valence-corrected chi connectivity index (χ0v) is 8.57. The van der Waals surface area contributed by atoms with E-state index in [0.29, 0.717) is 0 Å². The Morgan fingerprint density at radius 3 is 2.76 bits per heavy atom. The molecule has 2 aromatic heterocycles. The van der Waals surface area contributed by atoms with Gasteiger partial charge in [-0.15, -0.1) is 0 Å². The highest BCUT2D eigenvalue weighted by atomic mass is 16.4. The van der Waals surface area contributed by atoms with Crippen molar-refractivity contribution >= 4 is 11.9 Å². The predicted molar refractivity (Wildman–Crippen MR) is 56.8 cm³/mol. The van der Waals surface area contributed by atoms with E-state index in [1.54, 1.807) is 6.07 Å². The van der Waals surface area contributed by atoms with Crippen LogP contribution in [-0.4, -0.2) is 31.7 Å². The topological polar surface area (TPSA) is 111 Å². The van der Waals surface area contributed by atoms with Crippen molar-refractivity contribution in [1.29, 1.82) is 0 Å². The molecule has 0 atom stereocenters. The lowest BCUT2D eigenvalue weighted by Gasteiger charge is -2.03. The van der Waals surface area contributed by atoms with Crippen LogP contribution in [0.2, 0.25) is 0 Å². The van der Waals surface area contributed by atoms with Gasteiger partial charge >= 0.3 is 5.97 Å². The summed E-state index contributed by atoms with van der Waals surface area (Å²) in [5, 5.41) is 12.6. The van der Waals surface area contributed by atoms with Crippen molar-refractivity contribution in [3.05, 3.63) is 41.9 Å². The van der Waals surface area contributed by atoms with Crippen LogP contribution in [0.1, 0.15) is 20.7 Å². The van der Waals surface area contributed by atoms with E-state index in [1.165, 1.54) is 29.3 Å². The molecule has 7 nitrogen and oxygen atoms in total. The van der Waals surface area contributed by atoms with E-state index in [4.69, 9.17) is 10.8 Å². The molecule has 0 fully saturated rings. The van der Waals surface area contributed by atoms with Crippen LogP contribution in [0.25, 0.3) is 5.82 Å². The molecular weight excluding hydrogens is 224 g/mol. The molecule has 86 valence electrons. The van der Waals surface area contributed by atoms with Crippen molar-refractivity contribution in [1.82, 2.24) is 14.8 Å². The van der Waals surface area contributed by atoms with Crippen LogP contribution >= 0.6 is 0 Å². The minimum Gasteiger partial charge on any atom is -0.478 e. The zero-order chi connectivity index (χ0) is 12.4. The van der Waals surface area contributed by atoms with Gasteiger partial charge in [0.15, 0.2) is 5.82 Å². The highest BCUT2D eigenvalue weighted by Crippen LogP contribution is 2.10. The van der Waals surface area contributed by atoms with Crippen LogP contribution in [0.3, 0.4) is 0 Å². The van der Waals surface area contributed by atoms with Crippen molar-refractivity contribution in [2.45, 2.75) is 0 Å². The van der Waals surface area contributed by atoms with Gasteiger partial charge in [-0.3, -0.25) is 4.79 Å². The molecule has 3 N–H and O–H groups in total. The van der Waals surface area contributed by atoms with Gasteiger partial charge in [0.1, 0.15) is 0 Å². The number of hydrogen-bond donors (Lipinski definition) is 2. The van der Waals surface area contributed by atoms with E-state index in [-0.39, 0.29) is 16.9 Å². The number of pyridine rings is 1. The summed E-state index contributed by atoms with van der Waals surface area (Å²) >= 11 is 0. The molecule has 0 saturated carbocycles. The largest absolute Gasteiger partial charge is 0.478 e. The van der Waals surface area contributed by atoms with Crippen molar-refractivity contribution in [2.75, 3.05) is 0 Å². The number of rotatable bonds is 3. The highest BCUT2D eigenvalue weighted by molar-refractivity contribution is 5.95. The van der Waals surface area contributed by atoms with Gasteiger partial charge in [-0.05, 0) is 12.1 Å². The summed E-state index contributed by atoms with van der Waals surface area (Å²) in [5.74, 6) is -1.55. The van der Waals surface area contributed by atoms with Crippen molar-refractivity contribution in [3.63, 3.8) is 0 Å². The van der Waals surface area contributed by atoms with E-state index < -0.39 is 11.9 Å². The Labute approximate surface area is 95.5 Å². The van der Waals surface area contributed by atoms with Crippen LogP contribution in [0, 0.1) is 0 Å². The molecule has 0 unspecified atom stereocenters. The third kappa shape index (κ3) is 1.98. The molecule has 0 radical (unpaired) electrons. The second-order valence-electron chi connectivity index (χ2n) is 3.22. The van der Waals surface area contributed by atoms with Crippen molar-refractivity contribution in [3.8, 4) is 5.82 Å². The lowest BCUT2D eigenvalue weighted by Crippen LogP contribution is -2.15. The fraction of sp³-hybridized carbons (Fsp3) is 0. The summed E-state index contributed by atoms with van der Waals surface area (Å²) in [5.41, 5.74) is 5.36. The standard InChI is InChI=1S/C10H8N4O3/c11-8(15)7-2-1-3-12-9(7)14-5-6(4-13-14)10(16)17/h1-5H,(H2,11,15)(H,16,17). The third-order valence-corrected chi connectivity index (χ3v) is 2.10. The predicted octanol–water partition coefficient (Wildman–Crippen LogP) is 0.0644. The van der Waals surface area contributed by atoms with Gasteiger partial charge in [0, 0.05) is 12.4 Å². The van der Waals surface area contributed by atoms with Gasteiger partial charge in [0.05, 0.1) is 17.3 Å². The summed E-state index contributed by atoms with van der Waals surface area (Å²) < 4.78 is 1.20. The molecule has 7 heteroatoms. The fourth-order valence-corrected chi connectivity index (χ4v) is 1.32. The first kappa shape index (κ1) is 10.8. The number of carbonyl (C=O) groups excluding carboxylic acids is 1. The molecule has 0 aliphatic heterocycles. The normalized spacial score (nSPS) is 10.1. The second-order valence-corrected chi connectivity index (χ2v) is 3.22. The first-order valence-electron chi connectivity index (χ1n) is 4.63. The molecule has 0 aromatic carbocycles. The van der Waals surface area contributed by atoms with Crippen LogP contribution in [-0.2, 0) is 0 Å². The average Bonchev–Trinajstić information content (AvgIpc) is 2.78. The first-order valence-corrected chi connectivity index (χ1v) is 4.63. The number of carbonyl (C=O) groups is 2. The second kappa shape index (κ2) is 4.05. The van der Waals surface area contributed by atoms with Crippen LogP contribution in [0.5, 0.6) is 0 Å². The van der Waals surface area contributed by atoms with Crippen LogP contribution in [0.15, 0.2) is 30.7 Å². The van der Waals surface area contributed by atoms with E-state index in [2.05, 4.69) is 10.1 Å². The van der Waals surface area contributed by atoms with Crippen LogP contribution in [0.4, 0.5) is 0 Å². The number of aromatic carboxylic acids is 1. The van der Waals surface area contributed by atoms with Gasteiger partial charge in [-0.25, -0.2) is 14.5 Å². The Bertz CT molecular complexity index is 591. The number of carboxylic acid groups (broad SMARTS) is 1. The number of aromatic nitrogens is 3. The minimum atomic E-state index is -1.10. The maximum atomic E-state index is 11.2. The van der Waals surface area contributed by atoms with Gasteiger partial charge in [0.25, 0.3) is 5.91 Å². The Kier molecular flexibility index (Phi) is 2.57. The third-order valence-electron chi connectivity index (χ3n) is 2.10. The van der Waals surface area contributed by atoms with Gasteiger partial charge < -0.3 is 10.8 Å². The highest BCUT2D eigenvalue weighted by Gasteiger charge is 2.13. The molecular formula is C10H8N4O3. The SMILES string of the molecule is NC(=O)c1cccnc1-n1cc(C(=O)O)cn1. The lowest BCUT2D eigenvalue weighted by molar-refractivity contribution is 0.0696. The summed E-state index contributed by atoms with van der Waals surface area (Å²) in [6.07, 6.45) is 3.89. The van der Waals surface area contributed by atoms with E-state index in [1.807, 2.05) is 0 Å². The molecule has 2 rings (SSSR count). The van der Waals surface area contributed by atoms with Crippen LogP contribution < -0.4 is 5.73 Å². The molecule has 0 aliphatic carbocycles. The lowest BCUT2D eigenvalue weighted by atomic mass is 10.2. The molecule has 0 aliphatic rings. The Hall–Kier alpha value is -2.70. The van der Waals surface area contributed by atoms with Gasteiger partial charge in [0.2, 0.25) is 0 Å². The minimum absolute atomic E-state index is 0.00562. The van der Waals surface area contributed by atoms with Gasteiger partial charge in [-0.2, -0.15) is 5.10 Å². The maximum Gasteiger partial charge on any atom is 0.338 e. The molecule has 1 amide bonds. The van der Waals surface area contributed by atoms with Crippen molar-refractivity contribution in [2.24, 2.45) is 5.73 Å². The molecule has 2 heterocycles. The van der Waals surface area contributed by atoms with Crippen molar-refractivity contribution < 1.29 is 14.7 Å². The number of carboxylic acids is 1. The Morgan fingerprint density at radius 2 is 2.18 bits per heavy atom. The quantitative estimate of drug-likeness (QED) is 0.777. The number of primary amides is 1. The molecule has 0 spiro atoms. The molecule has 2 aromatic rings. The number of nitrogens with two attached hydrogens (primary N) is 1. The number of amides is 1. The van der Waals surface area contributed by atoms with Gasteiger partial charge in [-0.1, -0.05) is 0 Å². The molecule has 17 heavy (non-hydrogen) atoms. The summed E-state index contributed by atoms with van der Waals surface area (Å²) in [6, 6.07) is 3.05. The Balaban J connectivity index is 2.52. The zero-order valence-electron chi connectivity index (χ0n) is 8.57. The maximum absolute atomic E-state index is 11.2. The fourth-order valence-electron chi connectivity index (χ4n) is 1.32. The molecule has 0 bridgehead atoms. The average molecular weight is 232 g/mol. The summed E-state index contributed by atoms with van der Waals surface area (Å²) in [4.78, 5) is 25.8. The van der Waals surface area contributed by atoms with E-state index in [0.717, 1.165) is 0 Å². The van der Waals surface area contributed by atoms with E-state index >= 15 is 0 Å². The number of nitrogens with zero attached hydrogens (tertiary/aromatic N) is 3. The van der Waals surface area contributed by atoms with E-state index in [9.17, 15) is 9.59 Å². The monoisotopic (exact) mass is 232 g/mol. The Morgan fingerprint density at radius 1 is 1.41 bits per heavy atom. The first-order chi connectivity index (χ1) is 8.09. The number of hydrogen-bond acceptors (Lipinski definition) is 4. The summed E-state index contributed by atoms with van der Waals surface area (Å²) in [7, 11) is 0. The smallest absolute Gasteiger partial charge is 0.338 e. The molecule has 0 saturated heterocycles. The summed E-state index contributed by atoms with van der Waals surface area (Å²) in [6.45, 7) is 0.